The van der Waals surface area contributed by atoms with Crippen LogP contribution in [-0.2, 0) is 0 Å². The van der Waals surface area contributed by atoms with Crippen LogP contribution in [0.5, 0.6) is 17.2 Å². The maximum absolute atomic E-state index is 12.9. The fraction of sp³-hybridized carbons (Fsp3) is 0.133. The van der Waals surface area contributed by atoms with Crippen LogP contribution < -0.4 is 25.0 Å². The molecule has 2 amide bonds. The molecule has 11 heteroatoms. The third-order valence-corrected chi connectivity index (χ3v) is 5.71. The Morgan fingerprint density at radius 3 is 2.27 bits per heavy atom. The summed E-state index contributed by atoms with van der Waals surface area (Å²) in [6.07, 6.45) is 2.72. The van der Waals surface area contributed by atoms with Crippen molar-refractivity contribution in [2.75, 3.05) is 18.5 Å². The largest absolute Gasteiger partial charge is 0.490 e. The molecule has 210 valence electrons. The number of carbonyl (C=O) groups excluding carboxylic acids is 3. The van der Waals surface area contributed by atoms with Gasteiger partial charge in [-0.25, -0.2) is 10.2 Å². The first-order valence-corrected chi connectivity index (χ1v) is 13.0. The number of rotatable bonds is 11. The Morgan fingerprint density at radius 2 is 1.56 bits per heavy atom. The second kappa shape index (κ2) is 13.8. The highest BCUT2D eigenvalue weighted by molar-refractivity contribution is 6.31. The van der Waals surface area contributed by atoms with E-state index in [-0.39, 0.29) is 17.1 Å². The number of halogens is 1. The number of esters is 1. The highest BCUT2D eigenvalue weighted by Crippen LogP contribution is 2.30. The number of anilines is 1. The number of nitrogens with one attached hydrogen (secondary N) is 2. The van der Waals surface area contributed by atoms with Crippen LogP contribution in [0.4, 0.5) is 5.69 Å². The van der Waals surface area contributed by atoms with E-state index >= 15 is 0 Å². The second-order valence-electron chi connectivity index (χ2n) is 8.31. The van der Waals surface area contributed by atoms with Gasteiger partial charge in [0.25, 0.3) is 11.8 Å². The molecule has 0 radical (unpaired) electrons. The van der Waals surface area contributed by atoms with Crippen LogP contribution in [0.2, 0.25) is 5.02 Å². The molecule has 2 N–H and O–H groups in total. The van der Waals surface area contributed by atoms with Gasteiger partial charge in [-0.3, -0.25) is 9.59 Å². The molecule has 4 rings (SSSR count). The summed E-state index contributed by atoms with van der Waals surface area (Å²) in [6, 6.07) is 18.8. The number of ether oxygens (including phenoxy) is 3. The average molecular weight is 576 g/mol. The van der Waals surface area contributed by atoms with Crippen LogP contribution in [0, 0.1) is 0 Å². The average Bonchev–Trinajstić information content (AvgIpc) is 3.51. The first-order chi connectivity index (χ1) is 19.9. The van der Waals surface area contributed by atoms with Gasteiger partial charge in [-0.15, -0.1) is 0 Å². The van der Waals surface area contributed by atoms with Gasteiger partial charge < -0.3 is 23.9 Å². The topological polar surface area (TPSA) is 128 Å². The number of hydrazone groups is 1. The molecule has 0 fully saturated rings. The van der Waals surface area contributed by atoms with Crippen molar-refractivity contribution in [3.63, 3.8) is 0 Å². The van der Waals surface area contributed by atoms with Crippen molar-refractivity contribution in [1.82, 2.24) is 5.43 Å². The number of nitrogens with zero attached hydrogens (tertiary/aromatic N) is 1. The Bertz CT molecular complexity index is 1550. The molecule has 0 aliphatic carbocycles. The van der Waals surface area contributed by atoms with Crippen molar-refractivity contribution < 1.29 is 33.0 Å². The molecule has 41 heavy (non-hydrogen) atoms. The van der Waals surface area contributed by atoms with E-state index in [1.807, 2.05) is 13.8 Å². The minimum Gasteiger partial charge on any atom is -0.490 e. The second-order valence-corrected chi connectivity index (χ2v) is 8.74. The Kier molecular flexibility index (Phi) is 9.74. The van der Waals surface area contributed by atoms with Crippen LogP contribution in [0.25, 0.3) is 0 Å². The zero-order valence-corrected chi connectivity index (χ0v) is 22.9. The zero-order valence-electron chi connectivity index (χ0n) is 22.2. The van der Waals surface area contributed by atoms with Crippen LogP contribution in [0.1, 0.15) is 50.7 Å². The number of benzene rings is 3. The van der Waals surface area contributed by atoms with Gasteiger partial charge in [0.2, 0.25) is 0 Å². The minimum atomic E-state index is -0.630. The molecule has 1 heterocycles. The maximum Gasteiger partial charge on any atom is 0.343 e. The van der Waals surface area contributed by atoms with Gasteiger partial charge in [0, 0.05) is 21.8 Å². The molecule has 1 aromatic heterocycles. The van der Waals surface area contributed by atoms with Gasteiger partial charge in [-0.1, -0.05) is 11.6 Å². The van der Waals surface area contributed by atoms with Crippen molar-refractivity contribution in [2.45, 2.75) is 13.8 Å². The third-order valence-electron chi connectivity index (χ3n) is 5.47. The van der Waals surface area contributed by atoms with Gasteiger partial charge in [-0.2, -0.15) is 5.10 Å². The molecular weight excluding hydrogens is 550 g/mol. The SMILES string of the molecule is CCOc1ccc(C(=O)Oc2ccc(Cl)cc2/C=N/NC(=O)c2ccc(NC(=O)c3ccco3)cc2)cc1OCC. The Labute approximate surface area is 240 Å². The Hall–Kier alpha value is -5.09. The molecule has 0 saturated heterocycles. The third kappa shape index (κ3) is 7.74. The summed E-state index contributed by atoms with van der Waals surface area (Å²) in [5.74, 6) is -0.237. The predicted octanol–water partition coefficient (Wildman–Crippen LogP) is 5.97. The van der Waals surface area contributed by atoms with Gasteiger partial charge in [-0.05, 0) is 86.6 Å². The quantitative estimate of drug-likeness (QED) is 0.0976. The highest BCUT2D eigenvalue weighted by atomic mass is 35.5. The molecular formula is C30H26ClN3O7. The summed E-state index contributed by atoms with van der Waals surface area (Å²) >= 11 is 6.14. The highest BCUT2D eigenvalue weighted by Gasteiger charge is 2.16. The lowest BCUT2D eigenvalue weighted by Gasteiger charge is -2.13. The van der Waals surface area contributed by atoms with Gasteiger partial charge >= 0.3 is 5.97 Å². The van der Waals surface area contributed by atoms with E-state index in [2.05, 4.69) is 15.8 Å². The summed E-state index contributed by atoms with van der Waals surface area (Å²) in [7, 11) is 0. The lowest BCUT2D eigenvalue weighted by atomic mass is 10.2. The lowest BCUT2D eigenvalue weighted by molar-refractivity contribution is 0.0733. The van der Waals surface area contributed by atoms with E-state index in [1.165, 1.54) is 30.7 Å². The molecule has 3 aromatic carbocycles. The number of amides is 2. The number of hydrogen-bond acceptors (Lipinski definition) is 8. The van der Waals surface area contributed by atoms with Crippen LogP contribution >= 0.6 is 11.6 Å². The van der Waals surface area contributed by atoms with E-state index in [0.29, 0.717) is 46.5 Å². The summed E-state index contributed by atoms with van der Waals surface area (Å²) in [5, 5.41) is 7.03. The first-order valence-electron chi connectivity index (χ1n) is 12.6. The summed E-state index contributed by atoms with van der Waals surface area (Å²) in [5.41, 5.74) is 3.82. The molecule has 0 bridgehead atoms. The van der Waals surface area contributed by atoms with E-state index in [0.717, 1.165) is 0 Å². The molecule has 0 spiro atoms. The monoisotopic (exact) mass is 575 g/mol. The standard InChI is InChI=1S/C30H26ClN3O7/c1-3-38-25-13-9-20(17-27(25)39-4-2)30(37)41-24-14-10-22(31)16-21(24)18-32-34-28(35)19-7-11-23(12-8-19)33-29(36)26-6-5-15-40-26/h5-18H,3-4H2,1-2H3,(H,33,36)(H,34,35)/b32-18+. The van der Waals surface area contributed by atoms with Gasteiger partial charge in [0.05, 0.1) is 31.3 Å². The Morgan fingerprint density at radius 1 is 0.854 bits per heavy atom. The number of furan rings is 1. The molecule has 0 unspecified atom stereocenters. The number of carbonyl (C=O) groups is 3. The van der Waals surface area contributed by atoms with E-state index in [4.69, 9.17) is 30.2 Å². The summed E-state index contributed by atoms with van der Waals surface area (Å²) in [4.78, 5) is 37.6. The fourth-order valence-electron chi connectivity index (χ4n) is 3.58. The van der Waals surface area contributed by atoms with Crippen molar-refractivity contribution in [1.29, 1.82) is 0 Å². The van der Waals surface area contributed by atoms with Crippen LogP contribution in [0.15, 0.2) is 88.6 Å². The normalized spacial score (nSPS) is 10.7. The predicted molar refractivity (Wildman–Crippen MR) is 153 cm³/mol. The van der Waals surface area contributed by atoms with Crippen molar-refractivity contribution in [3.05, 3.63) is 107 Å². The smallest absolute Gasteiger partial charge is 0.343 e. The van der Waals surface area contributed by atoms with Crippen LogP contribution in [-0.4, -0.2) is 37.2 Å². The Balaban J connectivity index is 1.41. The lowest BCUT2D eigenvalue weighted by Crippen LogP contribution is -2.18. The van der Waals surface area contributed by atoms with Gasteiger partial charge in [0.1, 0.15) is 5.75 Å². The van der Waals surface area contributed by atoms with Crippen molar-refractivity contribution in [3.8, 4) is 17.2 Å². The maximum atomic E-state index is 12.9. The fourth-order valence-corrected chi connectivity index (χ4v) is 3.76. The van der Waals surface area contributed by atoms with Crippen molar-refractivity contribution in [2.24, 2.45) is 5.10 Å². The molecule has 4 aromatic rings. The zero-order chi connectivity index (χ0) is 29.2. The molecule has 10 nitrogen and oxygen atoms in total. The van der Waals surface area contributed by atoms with E-state index in [9.17, 15) is 14.4 Å². The summed E-state index contributed by atoms with van der Waals surface area (Å²) < 4.78 is 21.8. The van der Waals surface area contributed by atoms with Crippen LogP contribution in [0.3, 0.4) is 0 Å². The number of hydrogen-bond donors (Lipinski definition) is 2. The van der Waals surface area contributed by atoms with E-state index in [1.54, 1.807) is 54.6 Å². The van der Waals surface area contributed by atoms with Gasteiger partial charge in [0.15, 0.2) is 17.3 Å². The van der Waals surface area contributed by atoms with Crippen molar-refractivity contribution >= 4 is 41.3 Å². The molecule has 0 aliphatic rings. The minimum absolute atomic E-state index is 0.168. The first kappa shape index (κ1) is 28.9. The molecule has 0 saturated carbocycles. The summed E-state index contributed by atoms with van der Waals surface area (Å²) in [6.45, 7) is 4.53. The van der Waals surface area contributed by atoms with E-state index < -0.39 is 17.8 Å². The molecule has 0 atom stereocenters. The molecule has 0 aliphatic heterocycles.